The zero-order valence-electron chi connectivity index (χ0n) is 14.6. The standard InChI is InChI=1S/C20H26N2O.ClH/c1-14-10-15(2)12-17(11-14)13-16(3)22-20(23)9-8-18-6-4-5-7-19(18)21;/h4-7,10-12,16H,8-9,13,21H2,1-3H3,(H,22,23);1H. The first kappa shape index (κ1) is 20.0. The molecule has 2 aromatic rings. The van der Waals surface area contributed by atoms with Gasteiger partial charge < -0.3 is 11.1 Å². The number of para-hydroxylation sites is 1. The molecule has 0 aliphatic carbocycles. The predicted molar refractivity (Wildman–Crippen MR) is 104 cm³/mol. The number of amides is 1. The molecule has 4 heteroatoms. The molecule has 130 valence electrons. The average Bonchev–Trinajstić information content (AvgIpc) is 2.45. The monoisotopic (exact) mass is 346 g/mol. The Morgan fingerprint density at radius 1 is 1.12 bits per heavy atom. The van der Waals surface area contributed by atoms with Crippen LogP contribution in [0.2, 0.25) is 0 Å². The number of nitrogens with one attached hydrogen (secondary N) is 1. The van der Waals surface area contributed by atoms with Crippen LogP contribution >= 0.6 is 12.4 Å². The minimum absolute atomic E-state index is 0. The van der Waals surface area contributed by atoms with Gasteiger partial charge in [-0.15, -0.1) is 12.4 Å². The van der Waals surface area contributed by atoms with Crippen molar-refractivity contribution in [1.29, 1.82) is 0 Å². The first-order chi connectivity index (χ1) is 10.9. The van der Waals surface area contributed by atoms with Gasteiger partial charge in [0, 0.05) is 18.2 Å². The highest BCUT2D eigenvalue weighted by Gasteiger charge is 2.09. The molecule has 0 saturated heterocycles. The first-order valence-electron chi connectivity index (χ1n) is 8.14. The quantitative estimate of drug-likeness (QED) is 0.777. The van der Waals surface area contributed by atoms with Crippen LogP contribution in [0.1, 0.15) is 35.6 Å². The fourth-order valence-corrected chi connectivity index (χ4v) is 2.95. The Balaban J connectivity index is 0.00000288. The number of anilines is 1. The van der Waals surface area contributed by atoms with E-state index in [9.17, 15) is 4.79 Å². The molecule has 0 bridgehead atoms. The normalized spacial score (nSPS) is 11.5. The van der Waals surface area contributed by atoms with Crippen molar-refractivity contribution in [2.24, 2.45) is 0 Å². The molecule has 0 fully saturated rings. The van der Waals surface area contributed by atoms with E-state index in [1.165, 1.54) is 16.7 Å². The van der Waals surface area contributed by atoms with Gasteiger partial charge in [0.15, 0.2) is 0 Å². The van der Waals surface area contributed by atoms with Crippen LogP contribution in [0.25, 0.3) is 0 Å². The van der Waals surface area contributed by atoms with Gasteiger partial charge in [-0.1, -0.05) is 47.5 Å². The lowest BCUT2D eigenvalue weighted by atomic mass is 10.0. The minimum Gasteiger partial charge on any atom is -0.399 e. The van der Waals surface area contributed by atoms with Crippen molar-refractivity contribution in [2.45, 2.75) is 46.1 Å². The molecule has 0 saturated carbocycles. The van der Waals surface area contributed by atoms with Crippen molar-refractivity contribution in [3.63, 3.8) is 0 Å². The topological polar surface area (TPSA) is 55.1 Å². The number of aryl methyl sites for hydroxylation is 3. The maximum Gasteiger partial charge on any atom is 0.220 e. The van der Waals surface area contributed by atoms with Crippen LogP contribution in [-0.4, -0.2) is 11.9 Å². The van der Waals surface area contributed by atoms with E-state index in [4.69, 9.17) is 5.73 Å². The van der Waals surface area contributed by atoms with Gasteiger partial charge in [-0.25, -0.2) is 0 Å². The summed E-state index contributed by atoms with van der Waals surface area (Å²) in [6.07, 6.45) is 1.99. The molecule has 0 spiro atoms. The summed E-state index contributed by atoms with van der Waals surface area (Å²) in [7, 11) is 0. The molecule has 1 amide bonds. The van der Waals surface area contributed by atoms with Gasteiger partial charge in [0.25, 0.3) is 0 Å². The summed E-state index contributed by atoms with van der Waals surface area (Å²) in [5.74, 6) is 0.0742. The molecule has 0 aliphatic heterocycles. The average molecular weight is 347 g/mol. The molecular formula is C20H27ClN2O. The summed E-state index contributed by atoms with van der Waals surface area (Å²) in [6, 6.07) is 14.4. The number of benzene rings is 2. The second-order valence-corrected chi connectivity index (χ2v) is 6.37. The van der Waals surface area contributed by atoms with Crippen LogP contribution in [-0.2, 0) is 17.6 Å². The van der Waals surface area contributed by atoms with Crippen LogP contribution < -0.4 is 11.1 Å². The van der Waals surface area contributed by atoms with Crippen molar-refractivity contribution >= 4 is 24.0 Å². The lowest BCUT2D eigenvalue weighted by Gasteiger charge is -2.15. The molecule has 3 N–H and O–H groups in total. The minimum atomic E-state index is 0. The summed E-state index contributed by atoms with van der Waals surface area (Å²) >= 11 is 0. The van der Waals surface area contributed by atoms with Gasteiger partial charge in [0.1, 0.15) is 0 Å². The van der Waals surface area contributed by atoms with E-state index in [-0.39, 0.29) is 24.4 Å². The van der Waals surface area contributed by atoms with Crippen LogP contribution in [0.5, 0.6) is 0 Å². The molecule has 1 unspecified atom stereocenters. The summed E-state index contributed by atoms with van der Waals surface area (Å²) < 4.78 is 0. The highest BCUT2D eigenvalue weighted by molar-refractivity contribution is 5.85. The van der Waals surface area contributed by atoms with E-state index in [0.717, 1.165) is 17.7 Å². The second kappa shape index (κ2) is 9.33. The number of carbonyl (C=O) groups is 1. The van der Waals surface area contributed by atoms with Gasteiger partial charge in [0.05, 0.1) is 0 Å². The molecule has 0 aromatic heterocycles. The van der Waals surface area contributed by atoms with Crippen LogP contribution in [0.15, 0.2) is 42.5 Å². The third-order valence-electron chi connectivity index (χ3n) is 3.91. The molecule has 3 nitrogen and oxygen atoms in total. The lowest BCUT2D eigenvalue weighted by molar-refractivity contribution is -0.121. The van der Waals surface area contributed by atoms with E-state index < -0.39 is 0 Å². The van der Waals surface area contributed by atoms with E-state index in [1.807, 2.05) is 31.2 Å². The van der Waals surface area contributed by atoms with E-state index in [0.29, 0.717) is 12.8 Å². The van der Waals surface area contributed by atoms with E-state index >= 15 is 0 Å². The summed E-state index contributed by atoms with van der Waals surface area (Å²) in [5, 5.41) is 3.08. The molecule has 2 rings (SSSR count). The summed E-state index contributed by atoms with van der Waals surface area (Å²) in [4.78, 5) is 12.1. The molecule has 2 aromatic carbocycles. The largest absolute Gasteiger partial charge is 0.399 e. The van der Waals surface area contributed by atoms with Crippen molar-refractivity contribution < 1.29 is 4.79 Å². The maximum absolute atomic E-state index is 12.1. The third-order valence-corrected chi connectivity index (χ3v) is 3.91. The Morgan fingerprint density at radius 2 is 1.75 bits per heavy atom. The number of hydrogen-bond acceptors (Lipinski definition) is 2. The molecule has 1 atom stereocenters. The molecule has 0 radical (unpaired) electrons. The molecular weight excluding hydrogens is 320 g/mol. The highest BCUT2D eigenvalue weighted by Crippen LogP contribution is 2.13. The zero-order chi connectivity index (χ0) is 16.8. The van der Waals surface area contributed by atoms with Crippen molar-refractivity contribution in [1.82, 2.24) is 5.32 Å². The molecule has 0 heterocycles. The summed E-state index contributed by atoms with van der Waals surface area (Å²) in [6.45, 7) is 6.25. The lowest BCUT2D eigenvalue weighted by Crippen LogP contribution is -2.34. The number of hydrogen-bond donors (Lipinski definition) is 2. The number of nitrogen functional groups attached to an aromatic ring is 1. The highest BCUT2D eigenvalue weighted by atomic mass is 35.5. The van der Waals surface area contributed by atoms with Crippen LogP contribution in [0.3, 0.4) is 0 Å². The molecule has 24 heavy (non-hydrogen) atoms. The number of halogens is 1. The van der Waals surface area contributed by atoms with Crippen molar-refractivity contribution in [3.8, 4) is 0 Å². The Labute approximate surface area is 151 Å². The predicted octanol–water partition coefficient (Wildman–Crippen LogP) is 3.99. The van der Waals surface area contributed by atoms with Gasteiger partial charge in [0.2, 0.25) is 5.91 Å². The maximum atomic E-state index is 12.1. The van der Waals surface area contributed by atoms with Gasteiger partial charge in [-0.2, -0.15) is 0 Å². The van der Waals surface area contributed by atoms with Crippen LogP contribution in [0, 0.1) is 13.8 Å². The number of rotatable bonds is 6. The van der Waals surface area contributed by atoms with E-state index in [1.54, 1.807) is 0 Å². The zero-order valence-corrected chi connectivity index (χ0v) is 15.5. The Hall–Kier alpha value is -2.00. The fourth-order valence-electron chi connectivity index (χ4n) is 2.95. The van der Waals surface area contributed by atoms with Gasteiger partial charge in [-0.3, -0.25) is 4.79 Å². The number of carbonyl (C=O) groups excluding carboxylic acids is 1. The van der Waals surface area contributed by atoms with Crippen LogP contribution in [0.4, 0.5) is 5.69 Å². The summed E-state index contributed by atoms with van der Waals surface area (Å²) in [5.41, 5.74) is 11.5. The Bertz CT molecular complexity index is 665. The molecule has 0 aliphatic rings. The second-order valence-electron chi connectivity index (χ2n) is 6.37. The first-order valence-corrected chi connectivity index (χ1v) is 8.14. The third kappa shape index (κ3) is 6.25. The van der Waals surface area contributed by atoms with E-state index in [2.05, 4.69) is 37.4 Å². The van der Waals surface area contributed by atoms with Gasteiger partial charge in [-0.05, 0) is 50.8 Å². The SMILES string of the molecule is Cc1cc(C)cc(CC(C)NC(=O)CCc2ccccc2N)c1.Cl. The smallest absolute Gasteiger partial charge is 0.220 e. The fraction of sp³-hybridized carbons (Fsp3) is 0.350. The van der Waals surface area contributed by atoms with Crippen molar-refractivity contribution in [2.75, 3.05) is 5.73 Å². The number of nitrogens with two attached hydrogens (primary N) is 1. The van der Waals surface area contributed by atoms with Crippen molar-refractivity contribution in [3.05, 3.63) is 64.7 Å². The Kier molecular flexibility index (Phi) is 7.80. The Morgan fingerprint density at radius 3 is 2.38 bits per heavy atom. The van der Waals surface area contributed by atoms with Gasteiger partial charge >= 0.3 is 0 Å².